The number of hydrogen-bond acceptors (Lipinski definition) is 5. The maximum atomic E-state index is 14.9. The van der Waals surface area contributed by atoms with Crippen LogP contribution >= 0.6 is 11.3 Å². The Morgan fingerprint density at radius 2 is 2.06 bits per heavy atom. The number of anilines is 1. The number of hydrogen-bond donors (Lipinski definition) is 2. The highest BCUT2D eigenvalue weighted by Crippen LogP contribution is 2.34. The third-order valence-corrected chi connectivity index (χ3v) is 6.67. The molecule has 1 aliphatic rings. The van der Waals surface area contributed by atoms with Gasteiger partial charge in [-0.25, -0.2) is 9.37 Å². The number of carbonyl (C=O) groups is 1. The Bertz CT molecular complexity index is 1260. The predicted molar refractivity (Wildman–Crippen MR) is 130 cm³/mol. The Morgan fingerprint density at radius 1 is 1.28 bits per heavy atom. The van der Waals surface area contributed by atoms with E-state index in [1.54, 1.807) is 35.5 Å². The van der Waals surface area contributed by atoms with Crippen LogP contribution in [0.3, 0.4) is 0 Å². The number of nitrogens with one attached hydrogen (secondary N) is 2. The van der Waals surface area contributed by atoms with Gasteiger partial charge in [0.25, 0.3) is 5.91 Å². The zero-order valence-corrected chi connectivity index (χ0v) is 20.6. The third-order valence-electron chi connectivity index (χ3n) is 5.91. The molecule has 1 saturated carbocycles. The Labute approximate surface area is 210 Å². The molecule has 2 heterocycles. The minimum absolute atomic E-state index is 0.00437. The van der Waals surface area contributed by atoms with Crippen LogP contribution in [-0.2, 0) is 18.2 Å². The summed E-state index contributed by atoms with van der Waals surface area (Å²) in [6.45, 7) is 0.219. The van der Waals surface area contributed by atoms with Gasteiger partial charge in [-0.05, 0) is 42.5 Å². The van der Waals surface area contributed by atoms with Gasteiger partial charge < -0.3 is 19.9 Å². The normalized spacial score (nSPS) is 14.3. The number of nitrogens with zero attached hydrogens (tertiary/aromatic N) is 2. The summed E-state index contributed by atoms with van der Waals surface area (Å²) >= 11 is 1.20. The molecule has 0 saturated heterocycles. The number of benzene rings is 1. The van der Waals surface area contributed by atoms with E-state index in [0.717, 1.165) is 36.6 Å². The fourth-order valence-electron chi connectivity index (χ4n) is 3.99. The summed E-state index contributed by atoms with van der Waals surface area (Å²) in [6, 6.07) is 5.17. The Balaban J connectivity index is 1.57. The first-order chi connectivity index (χ1) is 17.1. The van der Waals surface area contributed by atoms with E-state index in [1.165, 1.54) is 23.5 Å². The van der Waals surface area contributed by atoms with Gasteiger partial charge in [-0.3, -0.25) is 4.79 Å². The van der Waals surface area contributed by atoms with Gasteiger partial charge in [-0.2, -0.15) is 13.2 Å². The lowest BCUT2D eigenvalue weighted by molar-refractivity contribution is -0.127. The largest absolute Gasteiger partial charge is 0.393 e. The third kappa shape index (κ3) is 6.14. The smallest absolute Gasteiger partial charge is 0.382 e. The molecule has 36 heavy (non-hydrogen) atoms. The van der Waals surface area contributed by atoms with Crippen molar-refractivity contribution in [3.63, 3.8) is 0 Å². The minimum atomic E-state index is -4.52. The van der Waals surface area contributed by atoms with E-state index in [4.69, 9.17) is 4.74 Å². The SMILES string of the molecule is COCC(NC(=O)c1ccn(C)c1)C(Nc1nc(-c2cccc(CC(F)(F)F)c2F)cs1)=C1CCC1. The molecule has 3 aromatic rings. The Kier molecular flexibility index (Phi) is 7.79. The van der Waals surface area contributed by atoms with Crippen molar-refractivity contribution < 1.29 is 27.1 Å². The van der Waals surface area contributed by atoms with Crippen LogP contribution in [0, 0.1) is 5.82 Å². The number of aromatic nitrogens is 2. The molecule has 4 rings (SSSR count). The van der Waals surface area contributed by atoms with Gasteiger partial charge in [0.2, 0.25) is 0 Å². The van der Waals surface area contributed by atoms with E-state index in [1.807, 2.05) is 7.05 Å². The van der Waals surface area contributed by atoms with E-state index >= 15 is 0 Å². The maximum Gasteiger partial charge on any atom is 0.393 e. The molecule has 11 heteroatoms. The summed E-state index contributed by atoms with van der Waals surface area (Å²) in [4.78, 5) is 17.3. The Hall–Kier alpha value is -3.18. The number of methoxy groups -OCH3 is 1. The predicted octanol–water partition coefficient (Wildman–Crippen LogP) is 5.69. The molecule has 1 aromatic carbocycles. The van der Waals surface area contributed by atoms with Gasteiger partial charge >= 0.3 is 6.18 Å². The van der Waals surface area contributed by atoms with Crippen molar-refractivity contribution in [3.05, 3.63) is 70.3 Å². The molecular formula is C25H26F4N4O2S. The van der Waals surface area contributed by atoms with Gasteiger partial charge in [0, 0.05) is 43.2 Å². The molecule has 192 valence electrons. The monoisotopic (exact) mass is 522 g/mol. The molecule has 1 fully saturated rings. The maximum absolute atomic E-state index is 14.9. The first-order valence-electron chi connectivity index (χ1n) is 11.4. The molecule has 0 aliphatic heterocycles. The van der Waals surface area contributed by atoms with Crippen LogP contribution in [0.2, 0.25) is 0 Å². The lowest BCUT2D eigenvalue weighted by Gasteiger charge is -2.28. The van der Waals surface area contributed by atoms with Crippen molar-refractivity contribution >= 4 is 22.4 Å². The lowest BCUT2D eigenvalue weighted by Crippen LogP contribution is -2.42. The van der Waals surface area contributed by atoms with Crippen LogP contribution in [0.1, 0.15) is 35.2 Å². The summed E-state index contributed by atoms with van der Waals surface area (Å²) in [7, 11) is 3.37. The molecule has 6 nitrogen and oxygen atoms in total. The van der Waals surface area contributed by atoms with E-state index in [0.29, 0.717) is 10.7 Å². The number of rotatable bonds is 9. The molecular weight excluding hydrogens is 496 g/mol. The average molecular weight is 523 g/mol. The van der Waals surface area contributed by atoms with Crippen molar-refractivity contribution in [3.8, 4) is 11.3 Å². The summed E-state index contributed by atoms with van der Waals surface area (Å²) in [5.74, 6) is -1.18. The summed E-state index contributed by atoms with van der Waals surface area (Å²) < 4.78 is 60.5. The van der Waals surface area contributed by atoms with Crippen LogP contribution in [-0.4, -0.2) is 41.4 Å². The number of alkyl halides is 3. The second kappa shape index (κ2) is 10.8. The van der Waals surface area contributed by atoms with E-state index < -0.39 is 30.0 Å². The highest BCUT2D eigenvalue weighted by atomic mass is 32.1. The highest BCUT2D eigenvalue weighted by Gasteiger charge is 2.30. The van der Waals surface area contributed by atoms with Crippen LogP contribution in [0.4, 0.5) is 22.7 Å². The number of amides is 1. The van der Waals surface area contributed by atoms with Crippen LogP contribution < -0.4 is 10.6 Å². The van der Waals surface area contributed by atoms with Crippen molar-refractivity contribution in [1.29, 1.82) is 0 Å². The molecule has 1 atom stereocenters. The topological polar surface area (TPSA) is 68.2 Å². The zero-order valence-electron chi connectivity index (χ0n) is 19.8. The van der Waals surface area contributed by atoms with Gasteiger partial charge in [0.05, 0.1) is 30.3 Å². The molecule has 1 unspecified atom stereocenters. The minimum Gasteiger partial charge on any atom is -0.382 e. The second-order valence-electron chi connectivity index (χ2n) is 8.65. The number of halogens is 4. The molecule has 0 radical (unpaired) electrons. The number of allylic oxidation sites excluding steroid dienone is 1. The van der Waals surface area contributed by atoms with Gasteiger partial charge in [-0.15, -0.1) is 11.3 Å². The van der Waals surface area contributed by atoms with Gasteiger partial charge in [0.15, 0.2) is 5.13 Å². The van der Waals surface area contributed by atoms with Crippen LogP contribution in [0.25, 0.3) is 11.3 Å². The van der Waals surface area contributed by atoms with E-state index in [9.17, 15) is 22.4 Å². The second-order valence-corrected chi connectivity index (χ2v) is 9.51. The zero-order chi connectivity index (χ0) is 25.9. The first kappa shape index (κ1) is 25.9. The van der Waals surface area contributed by atoms with Crippen molar-refractivity contribution in [2.45, 2.75) is 37.9 Å². The number of aryl methyl sites for hydroxylation is 1. The molecule has 2 N–H and O–H groups in total. The first-order valence-corrected chi connectivity index (χ1v) is 12.2. The highest BCUT2D eigenvalue weighted by molar-refractivity contribution is 7.14. The molecule has 2 aromatic heterocycles. The molecule has 0 bridgehead atoms. The fourth-order valence-corrected chi connectivity index (χ4v) is 4.71. The molecule has 1 aliphatic carbocycles. The average Bonchev–Trinajstić information content (AvgIpc) is 3.41. The molecule has 1 amide bonds. The lowest BCUT2D eigenvalue weighted by atomic mass is 9.88. The summed E-state index contributed by atoms with van der Waals surface area (Å²) in [5, 5.41) is 8.31. The number of ether oxygens (including phenoxy) is 1. The van der Waals surface area contributed by atoms with Gasteiger partial charge in [-0.1, -0.05) is 12.1 Å². The fraction of sp³-hybridized carbons (Fsp3) is 0.360. The number of thiazole rings is 1. The summed E-state index contributed by atoms with van der Waals surface area (Å²) in [6.07, 6.45) is 0.372. The standard InChI is InChI=1S/C25H26F4N4O2S/c1-33-10-9-17(12-33)23(34)30-19(13-35-2)22(15-5-3-6-15)32-24-31-20(14-36-24)18-8-4-7-16(21(18)26)11-25(27,28)29/h4,7-10,12,14,19H,3,5-6,11,13H2,1-2H3,(H,30,34)(H,31,32). The van der Waals surface area contributed by atoms with E-state index in [2.05, 4.69) is 15.6 Å². The van der Waals surface area contributed by atoms with Gasteiger partial charge in [0.1, 0.15) is 5.82 Å². The number of carbonyl (C=O) groups excluding carboxylic acids is 1. The van der Waals surface area contributed by atoms with E-state index in [-0.39, 0.29) is 23.8 Å². The summed E-state index contributed by atoms with van der Waals surface area (Å²) in [5.41, 5.74) is 2.22. The molecule has 0 spiro atoms. The quantitative estimate of drug-likeness (QED) is 0.355. The van der Waals surface area contributed by atoms with Crippen molar-refractivity contribution in [2.24, 2.45) is 7.05 Å². The van der Waals surface area contributed by atoms with Crippen molar-refractivity contribution in [1.82, 2.24) is 14.9 Å². The van der Waals surface area contributed by atoms with Crippen molar-refractivity contribution in [2.75, 3.05) is 19.0 Å². The van der Waals surface area contributed by atoms with Crippen LogP contribution in [0.5, 0.6) is 0 Å². The Morgan fingerprint density at radius 3 is 2.67 bits per heavy atom. The van der Waals surface area contributed by atoms with Crippen LogP contribution in [0.15, 0.2) is 53.3 Å².